The molecule has 0 heterocycles. The molecule has 0 aliphatic rings. The van der Waals surface area contributed by atoms with Gasteiger partial charge in [-0.05, 0) is 24.3 Å². The molecule has 0 amide bonds. The second-order valence-electron chi connectivity index (χ2n) is 2.84. The molecule has 82 valence electrons. The van der Waals surface area contributed by atoms with Gasteiger partial charge >= 0.3 is 5.97 Å². The van der Waals surface area contributed by atoms with Crippen molar-refractivity contribution in [3.63, 3.8) is 0 Å². The van der Waals surface area contributed by atoms with E-state index in [9.17, 15) is 4.79 Å². The Kier molecular flexibility index (Phi) is 4.45. The predicted molar refractivity (Wildman–Crippen MR) is 57.4 cm³/mol. The minimum absolute atomic E-state index is 0.141. The zero-order valence-corrected chi connectivity index (χ0v) is 9.03. The van der Waals surface area contributed by atoms with E-state index in [1.54, 1.807) is 19.2 Å². The summed E-state index contributed by atoms with van der Waals surface area (Å²) in [6.07, 6.45) is -1.32. The van der Waals surface area contributed by atoms with Gasteiger partial charge in [0.2, 0.25) is 0 Å². The molecular weight excluding hydrogens is 216 g/mol. The molecule has 0 aliphatic carbocycles. The number of benzene rings is 1. The number of methoxy groups -OCH3 is 1. The highest BCUT2D eigenvalue weighted by molar-refractivity contribution is 7.99. The molecule has 2 N–H and O–H groups in total. The molecule has 0 aliphatic heterocycles. The number of rotatable bonds is 5. The third kappa shape index (κ3) is 3.81. The Labute approximate surface area is 91.9 Å². The van der Waals surface area contributed by atoms with Gasteiger partial charge in [0, 0.05) is 10.6 Å². The molecule has 0 saturated carbocycles. The van der Waals surface area contributed by atoms with Crippen LogP contribution < -0.4 is 4.74 Å². The van der Waals surface area contributed by atoms with Crippen LogP contribution in [-0.4, -0.2) is 35.1 Å². The number of hydrogen-bond acceptors (Lipinski definition) is 4. The van der Waals surface area contributed by atoms with Gasteiger partial charge in [-0.1, -0.05) is 0 Å². The molecule has 1 atom stereocenters. The second-order valence-corrected chi connectivity index (χ2v) is 3.93. The van der Waals surface area contributed by atoms with Crippen molar-refractivity contribution in [2.45, 2.75) is 11.0 Å². The summed E-state index contributed by atoms with van der Waals surface area (Å²) in [5.41, 5.74) is 0. The van der Waals surface area contributed by atoms with Gasteiger partial charge in [0.25, 0.3) is 0 Å². The number of carboxylic acid groups (broad SMARTS) is 1. The van der Waals surface area contributed by atoms with Crippen LogP contribution in [0.5, 0.6) is 5.75 Å². The first-order valence-electron chi connectivity index (χ1n) is 4.31. The van der Waals surface area contributed by atoms with Crippen molar-refractivity contribution in [1.29, 1.82) is 0 Å². The second kappa shape index (κ2) is 5.63. The number of ether oxygens (including phenoxy) is 1. The summed E-state index contributed by atoms with van der Waals surface area (Å²) in [6, 6.07) is 7.21. The van der Waals surface area contributed by atoms with E-state index < -0.39 is 12.1 Å². The van der Waals surface area contributed by atoms with E-state index in [4.69, 9.17) is 14.9 Å². The molecule has 0 bridgehead atoms. The van der Waals surface area contributed by atoms with Gasteiger partial charge in [0.1, 0.15) is 5.75 Å². The Hall–Kier alpha value is -1.20. The third-order valence-electron chi connectivity index (χ3n) is 1.75. The van der Waals surface area contributed by atoms with Crippen LogP contribution >= 0.6 is 11.8 Å². The Bertz CT molecular complexity index is 323. The Balaban J connectivity index is 2.47. The van der Waals surface area contributed by atoms with E-state index in [2.05, 4.69) is 0 Å². The van der Waals surface area contributed by atoms with E-state index in [1.807, 2.05) is 12.1 Å². The van der Waals surface area contributed by atoms with Crippen LogP contribution in [0.1, 0.15) is 0 Å². The molecule has 0 saturated heterocycles. The summed E-state index contributed by atoms with van der Waals surface area (Å²) in [4.78, 5) is 11.2. The first-order valence-corrected chi connectivity index (χ1v) is 5.29. The van der Waals surface area contributed by atoms with Crippen LogP contribution in [-0.2, 0) is 4.79 Å². The largest absolute Gasteiger partial charge is 0.497 e. The lowest BCUT2D eigenvalue weighted by Crippen LogP contribution is -2.21. The molecule has 0 aromatic heterocycles. The molecule has 1 aromatic rings. The summed E-state index contributed by atoms with van der Waals surface area (Å²) < 4.78 is 4.98. The quantitative estimate of drug-likeness (QED) is 0.742. The fourth-order valence-electron chi connectivity index (χ4n) is 0.918. The zero-order chi connectivity index (χ0) is 11.3. The Morgan fingerprint density at radius 2 is 2.07 bits per heavy atom. The van der Waals surface area contributed by atoms with Crippen LogP contribution in [0.15, 0.2) is 29.2 Å². The summed E-state index contributed by atoms with van der Waals surface area (Å²) in [5, 5.41) is 17.5. The molecule has 1 rings (SSSR count). The maximum absolute atomic E-state index is 10.3. The Morgan fingerprint density at radius 3 is 2.53 bits per heavy atom. The summed E-state index contributed by atoms with van der Waals surface area (Å²) in [7, 11) is 1.58. The molecule has 0 spiro atoms. The summed E-state index contributed by atoms with van der Waals surface area (Å²) in [5.74, 6) is -0.309. The van der Waals surface area contributed by atoms with Gasteiger partial charge in [0.05, 0.1) is 7.11 Å². The number of aliphatic hydroxyl groups excluding tert-OH is 1. The Morgan fingerprint density at radius 1 is 1.47 bits per heavy atom. The van der Waals surface area contributed by atoms with Crippen molar-refractivity contribution in [1.82, 2.24) is 0 Å². The number of carbonyl (C=O) groups is 1. The average Bonchev–Trinajstić information content (AvgIpc) is 2.26. The van der Waals surface area contributed by atoms with Gasteiger partial charge in [-0.3, -0.25) is 0 Å². The van der Waals surface area contributed by atoms with Crippen LogP contribution in [0.2, 0.25) is 0 Å². The van der Waals surface area contributed by atoms with E-state index >= 15 is 0 Å². The minimum atomic E-state index is -1.32. The van der Waals surface area contributed by atoms with Crippen molar-refractivity contribution in [3.8, 4) is 5.75 Å². The fourth-order valence-corrected chi connectivity index (χ4v) is 1.74. The molecule has 0 radical (unpaired) electrons. The first-order chi connectivity index (χ1) is 7.13. The average molecular weight is 228 g/mol. The normalized spacial score (nSPS) is 12.1. The number of aliphatic hydroxyl groups is 1. The van der Waals surface area contributed by atoms with Crippen LogP contribution in [0, 0.1) is 0 Å². The topological polar surface area (TPSA) is 66.8 Å². The highest BCUT2D eigenvalue weighted by Crippen LogP contribution is 2.21. The van der Waals surface area contributed by atoms with Crippen LogP contribution in [0.4, 0.5) is 0 Å². The van der Waals surface area contributed by atoms with E-state index in [0.29, 0.717) is 0 Å². The number of aliphatic carboxylic acids is 1. The standard InChI is InChI=1S/C10H12O4S/c1-14-7-2-4-8(5-3-7)15-6-9(11)10(12)13/h2-5,9,11H,6H2,1H3,(H,12,13). The van der Waals surface area contributed by atoms with Crippen molar-refractivity contribution < 1.29 is 19.7 Å². The third-order valence-corrected chi connectivity index (χ3v) is 2.84. The van der Waals surface area contributed by atoms with Crippen LogP contribution in [0.3, 0.4) is 0 Å². The molecule has 4 nitrogen and oxygen atoms in total. The fraction of sp³-hybridized carbons (Fsp3) is 0.300. The molecule has 15 heavy (non-hydrogen) atoms. The number of hydrogen-bond donors (Lipinski definition) is 2. The van der Waals surface area contributed by atoms with Gasteiger partial charge in [0.15, 0.2) is 6.10 Å². The van der Waals surface area contributed by atoms with Gasteiger partial charge in [-0.2, -0.15) is 0 Å². The lowest BCUT2D eigenvalue weighted by molar-refractivity contribution is -0.145. The van der Waals surface area contributed by atoms with Crippen molar-refractivity contribution in [2.24, 2.45) is 0 Å². The van der Waals surface area contributed by atoms with E-state index in [0.717, 1.165) is 10.6 Å². The van der Waals surface area contributed by atoms with Gasteiger partial charge < -0.3 is 14.9 Å². The summed E-state index contributed by atoms with van der Waals surface area (Å²) in [6.45, 7) is 0. The molecule has 1 unspecified atom stereocenters. The predicted octanol–water partition coefficient (Wildman–Crippen LogP) is 1.23. The van der Waals surface area contributed by atoms with E-state index in [1.165, 1.54) is 11.8 Å². The minimum Gasteiger partial charge on any atom is -0.497 e. The van der Waals surface area contributed by atoms with Crippen molar-refractivity contribution >= 4 is 17.7 Å². The van der Waals surface area contributed by atoms with Crippen LogP contribution in [0.25, 0.3) is 0 Å². The highest BCUT2D eigenvalue weighted by atomic mass is 32.2. The lowest BCUT2D eigenvalue weighted by atomic mass is 10.3. The zero-order valence-electron chi connectivity index (χ0n) is 8.21. The van der Waals surface area contributed by atoms with Gasteiger partial charge in [-0.25, -0.2) is 4.79 Å². The summed E-state index contributed by atoms with van der Waals surface area (Å²) >= 11 is 1.29. The first kappa shape index (κ1) is 11.9. The SMILES string of the molecule is COc1ccc(SCC(O)C(=O)O)cc1. The monoisotopic (exact) mass is 228 g/mol. The van der Waals surface area contributed by atoms with Crippen molar-refractivity contribution in [3.05, 3.63) is 24.3 Å². The lowest BCUT2D eigenvalue weighted by Gasteiger charge is -2.05. The molecule has 0 fully saturated rings. The molecule has 5 heteroatoms. The van der Waals surface area contributed by atoms with Crippen molar-refractivity contribution in [2.75, 3.05) is 12.9 Å². The number of thioether (sulfide) groups is 1. The maximum Gasteiger partial charge on any atom is 0.333 e. The smallest absolute Gasteiger partial charge is 0.333 e. The maximum atomic E-state index is 10.3. The number of carboxylic acids is 1. The van der Waals surface area contributed by atoms with E-state index in [-0.39, 0.29) is 5.75 Å². The molecule has 1 aromatic carbocycles. The van der Waals surface area contributed by atoms with Gasteiger partial charge in [-0.15, -0.1) is 11.8 Å². The highest BCUT2D eigenvalue weighted by Gasteiger charge is 2.12. The molecular formula is C10H12O4S.